The van der Waals surface area contributed by atoms with Crippen molar-refractivity contribution in [2.24, 2.45) is 7.05 Å². The lowest BCUT2D eigenvalue weighted by molar-refractivity contribution is 0.102. The molecule has 4 rings (SSSR count). The minimum Gasteiger partial charge on any atom is -0.307 e. The number of anilines is 1. The molecule has 0 fully saturated rings. The van der Waals surface area contributed by atoms with Crippen LogP contribution in [0.1, 0.15) is 10.4 Å². The first-order chi connectivity index (χ1) is 13.6. The van der Waals surface area contributed by atoms with E-state index in [9.17, 15) is 4.79 Å². The second kappa shape index (κ2) is 7.71. The normalized spacial score (nSPS) is 10.6. The summed E-state index contributed by atoms with van der Waals surface area (Å²) in [5.41, 5.74) is 4.36. The highest BCUT2D eigenvalue weighted by Gasteiger charge is 2.12. The number of halogens is 1. The van der Waals surface area contributed by atoms with Gasteiger partial charge in [0, 0.05) is 29.3 Å². The molecular weight excluding hydrogens is 370 g/mol. The van der Waals surface area contributed by atoms with Crippen molar-refractivity contribution < 1.29 is 4.79 Å². The Kier molecular flexibility index (Phi) is 4.96. The number of nitrogens with zero attached hydrogens (tertiary/aromatic N) is 2. The first-order valence-electron chi connectivity index (χ1n) is 8.87. The van der Waals surface area contributed by atoms with Crippen molar-refractivity contribution in [1.82, 2.24) is 9.78 Å². The number of amides is 1. The molecule has 0 aliphatic rings. The molecule has 3 aromatic carbocycles. The van der Waals surface area contributed by atoms with Crippen LogP contribution in [-0.4, -0.2) is 15.7 Å². The van der Waals surface area contributed by atoms with E-state index in [-0.39, 0.29) is 5.91 Å². The molecular formula is C23H18ClN3O. The van der Waals surface area contributed by atoms with Crippen molar-refractivity contribution >= 4 is 23.3 Å². The zero-order valence-corrected chi connectivity index (χ0v) is 16.0. The van der Waals surface area contributed by atoms with Gasteiger partial charge >= 0.3 is 0 Å². The molecule has 138 valence electrons. The molecule has 0 atom stereocenters. The van der Waals surface area contributed by atoms with Gasteiger partial charge in [0.15, 0.2) is 0 Å². The van der Waals surface area contributed by atoms with Crippen molar-refractivity contribution in [2.45, 2.75) is 0 Å². The van der Waals surface area contributed by atoms with Gasteiger partial charge in [0.25, 0.3) is 5.91 Å². The molecule has 4 aromatic rings. The molecule has 0 saturated heterocycles. The summed E-state index contributed by atoms with van der Waals surface area (Å²) < 4.78 is 1.67. The third kappa shape index (κ3) is 3.82. The lowest BCUT2D eigenvalue weighted by Crippen LogP contribution is -2.14. The van der Waals surface area contributed by atoms with Gasteiger partial charge in [-0.15, -0.1) is 0 Å². The van der Waals surface area contributed by atoms with Crippen LogP contribution < -0.4 is 5.32 Å². The zero-order valence-electron chi connectivity index (χ0n) is 15.3. The number of hydrogen-bond donors (Lipinski definition) is 1. The Labute approximate surface area is 168 Å². The van der Waals surface area contributed by atoms with Crippen LogP contribution in [0.25, 0.3) is 22.4 Å². The van der Waals surface area contributed by atoms with Crippen LogP contribution in [0.4, 0.5) is 5.82 Å². The standard InChI is InChI=1S/C23H18ClN3O/c1-27-22(15-21(26-27)17-6-3-2-4-7-17)25-23(28)19-9-5-8-18(14-19)16-10-12-20(24)13-11-16/h2-15H,1H3,(H,25,28). The number of carbonyl (C=O) groups is 1. The Hall–Kier alpha value is -3.37. The summed E-state index contributed by atoms with van der Waals surface area (Å²) in [6.07, 6.45) is 0. The average Bonchev–Trinajstić information content (AvgIpc) is 3.09. The molecule has 0 bridgehead atoms. The number of benzene rings is 3. The molecule has 0 spiro atoms. The minimum atomic E-state index is -0.182. The summed E-state index contributed by atoms with van der Waals surface area (Å²) in [7, 11) is 1.81. The topological polar surface area (TPSA) is 46.9 Å². The first kappa shape index (κ1) is 18.0. The monoisotopic (exact) mass is 387 g/mol. The van der Waals surface area contributed by atoms with Crippen LogP contribution in [0.3, 0.4) is 0 Å². The van der Waals surface area contributed by atoms with Crippen molar-refractivity contribution in [3.05, 3.63) is 95.5 Å². The van der Waals surface area contributed by atoms with Crippen LogP contribution in [0.2, 0.25) is 5.02 Å². The summed E-state index contributed by atoms with van der Waals surface area (Å²) in [5.74, 6) is 0.458. The highest BCUT2D eigenvalue weighted by molar-refractivity contribution is 6.30. The van der Waals surface area contributed by atoms with Crippen LogP contribution in [0.5, 0.6) is 0 Å². The van der Waals surface area contributed by atoms with Crippen molar-refractivity contribution in [2.75, 3.05) is 5.32 Å². The van der Waals surface area contributed by atoms with Crippen LogP contribution >= 0.6 is 11.6 Å². The predicted octanol–water partition coefficient (Wildman–Crippen LogP) is 5.66. The lowest BCUT2D eigenvalue weighted by Gasteiger charge is -2.07. The fraction of sp³-hybridized carbons (Fsp3) is 0.0435. The number of rotatable bonds is 4. The molecule has 0 unspecified atom stereocenters. The largest absolute Gasteiger partial charge is 0.307 e. The van der Waals surface area contributed by atoms with Gasteiger partial charge in [0.2, 0.25) is 0 Å². The van der Waals surface area contributed by atoms with E-state index in [0.717, 1.165) is 22.4 Å². The zero-order chi connectivity index (χ0) is 19.5. The number of carbonyl (C=O) groups excluding carboxylic acids is 1. The maximum atomic E-state index is 12.8. The fourth-order valence-electron chi connectivity index (χ4n) is 3.01. The highest BCUT2D eigenvalue weighted by Crippen LogP contribution is 2.24. The van der Waals surface area contributed by atoms with E-state index in [1.807, 2.05) is 85.9 Å². The van der Waals surface area contributed by atoms with E-state index < -0.39 is 0 Å². The lowest BCUT2D eigenvalue weighted by atomic mass is 10.0. The average molecular weight is 388 g/mol. The Morgan fingerprint density at radius 3 is 2.32 bits per heavy atom. The molecule has 0 radical (unpaired) electrons. The fourth-order valence-corrected chi connectivity index (χ4v) is 3.13. The van der Waals surface area contributed by atoms with Gasteiger partial charge in [-0.25, -0.2) is 0 Å². The summed E-state index contributed by atoms with van der Waals surface area (Å²) in [6, 6.07) is 26.8. The molecule has 0 saturated carbocycles. The van der Waals surface area contributed by atoms with Gasteiger partial charge < -0.3 is 5.32 Å². The van der Waals surface area contributed by atoms with Gasteiger partial charge in [0.1, 0.15) is 5.82 Å². The van der Waals surface area contributed by atoms with E-state index in [0.29, 0.717) is 16.4 Å². The van der Waals surface area contributed by atoms with Crippen LogP contribution in [0, 0.1) is 0 Å². The van der Waals surface area contributed by atoms with E-state index in [1.165, 1.54) is 0 Å². The maximum absolute atomic E-state index is 12.8. The molecule has 1 heterocycles. The van der Waals surface area contributed by atoms with Crippen LogP contribution in [0.15, 0.2) is 84.9 Å². The Bertz CT molecular complexity index is 1120. The highest BCUT2D eigenvalue weighted by atomic mass is 35.5. The molecule has 1 N–H and O–H groups in total. The number of hydrogen-bond acceptors (Lipinski definition) is 2. The summed E-state index contributed by atoms with van der Waals surface area (Å²) >= 11 is 5.96. The molecule has 0 aliphatic heterocycles. The first-order valence-corrected chi connectivity index (χ1v) is 9.25. The second-order valence-corrected chi connectivity index (χ2v) is 6.88. The number of aromatic nitrogens is 2. The molecule has 28 heavy (non-hydrogen) atoms. The number of aryl methyl sites for hydroxylation is 1. The molecule has 1 amide bonds. The minimum absolute atomic E-state index is 0.182. The van der Waals surface area contributed by atoms with Gasteiger partial charge in [-0.1, -0.05) is 66.2 Å². The number of nitrogens with one attached hydrogen (secondary N) is 1. The molecule has 0 aliphatic carbocycles. The summed E-state index contributed by atoms with van der Waals surface area (Å²) in [6.45, 7) is 0. The third-order valence-corrected chi connectivity index (χ3v) is 4.75. The predicted molar refractivity (Wildman–Crippen MR) is 113 cm³/mol. The van der Waals surface area contributed by atoms with Gasteiger partial charge in [-0.2, -0.15) is 5.10 Å². The second-order valence-electron chi connectivity index (χ2n) is 6.45. The van der Waals surface area contributed by atoms with Crippen molar-refractivity contribution in [3.63, 3.8) is 0 Å². The van der Waals surface area contributed by atoms with E-state index in [2.05, 4.69) is 10.4 Å². The van der Waals surface area contributed by atoms with E-state index in [1.54, 1.807) is 10.7 Å². The van der Waals surface area contributed by atoms with Gasteiger partial charge in [0.05, 0.1) is 5.69 Å². The van der Waals surface area contributed by atoms with Gasteiger partial charge in [-0.05, 0) is 35.4 Å². The summed E-state index contributed by atoms with van der Waals surface area (Å²) in [4.78, 5) is 12.8. The maximum Gasteiger partial charge on any atom is 0.256 e. The molecule has 5 heteroatoms. The Morgan fingerprint density at radius 2 is 1.57 bits per heavy atom. The molecule has 4 nitrogen and oxygen atoms in total. The van der Waals surface area contributed by atoms with Crippen LogP contribution in [-0.2, 0) is 7.05 Å². The summed E-state index contributed by atoms with van der Waals surface area (Å²) in [5, 5.41) is 8.12. The Balaban J connectivity index is 1.57. The van der Waals surface area contributed by atoms with E-state index in [4.69, 9.17) is 11.6 Å². The SMILES string of the molecule is Cn1nc(-c2ccccc2)cc1NC(=O)c1cccc(-c2ccc(Cl)cc2)c1. The quantitative estimate of drug-likeness (QED) is 0.491. The molecule has 1 aromatic heterocycles. The van der Waals surface area contributed by atoms with E-state index >= 15 is 0 Å². The third-order valence-electron chi connectivity index (χ3n) is 4.49. The Morgan fingerprint density at radius 1 is 0.857 bits per heavy atom. The van der Waals surface area contributed by atoms with Crippen molar-refractivity contribution in [1.29, 1.82) is 0 Å². The van der Waals surface area contributed by atoms with Crippen molar-refractivity contribution in [3.8, 4) is 22.4 Å². The van der Waals surface area contributed by atoms with Gasteiger partial charge in [-0.3, -0.25) is 9.48 Å². The smallest absolute Gasteiger partial charge is 0.256 e.